The molecule has 2 heterocycles. The van der Waals surface area contributed by atoms with Crippen molar-refractivity contribution >= 4 is 23.4 Å². The molecule has 0 N–H and O–H groups in total. The molecule has 1 aliphatic heterocycles. The molecule has 0 unspecified atom stereocenters. The van der Waals surface area contributed by atoms with Crippen molar-refractivity contribution in [2.45, 2.75) is 13.0 Å². The SMILES string of the molecule is COC(=O)c1ccc2c(c1)CCN2C(=O)Cn1ccc([N+](=O)[O-])n1. The predicted octanol–water partition coefficient (Wildman–Crippen LogP) is 1.17. The molecule has 0 bridgehead atoms. The van der Waals surface area contributed by atoms with Crippen molar-refractivity contribution in [1.82, 2.24) is 9.78 Å². The van der Waals surface area contributed by atoms with Crippen LogP contribution in [0, 0.1) is 10.1 Å². The van der Waals surface area contributed by atoms with E-state index < -0.39 is 10.9 Å². The third-order valence-electron chi connectivity index (χ3n) is 3.81. The maximum atomic E-state index is 12.4. The third-order valence-corrected chi connectivity index (χ3v) is 3.81. The maximum Gasteiger partial charge on any atom is 0.389 e. The number of amides is 1. The van der Waals surface area contributed by atoms with E-state index in [9.17, 15) is 19.7 Å². The van der Waals surface area contributed by atoms with E-state index in [4.69, 9.17) is 0 Å². The summed E-state index contributed by atoms with van der Waals surface area (Å²) in [6.45, 7) is 0.397. The highest BCUT2D eigenvalue weighted by atomic mass is 16.6. The number of fused-ring (bicyclic) bond motifs is 1. The van der Waals surface area contributed by atoms with Crippen LogP contribution in [-0.4, -0.2) is 40.2 Å². The lowest BCUT2D eigenvalue weighted by Gasteiger charge is -2.16. The highest BCUT2D eigenvalue weighted by Gasteiger charge is 2.26. The van der Waals surface area contributed by atoms with Gasteiger partial charge in [0, 0.05) is 12.2 Å². The van der Waals surface area contributed by atoms with Gasteiger partial charge in [-0.1, -0.05) is 0 Å². The highest BCUT2D eigenvalue weighted by molar-refractivity contribution is 5.97. The third kappa shape index (κ3) is 2.83. The maximum absolute atomic E-state index is 12.4. The van der Waals surface area contributed by atoms with Gasteiger partial charge in [-0.3, -0.25) is 4.79 Å². The summed E-state index contributed by atoms with van der Waals surface area (Å²) in [5, 5.41) is 14.4. The zero-order valence-corrected chi connectivity index (χ0v) is 12.8. The second-order valence-electron chi connectivity index (χ2n) is 5.26. The monoisotopic (exact) mass is 330 g/mol. The van der Waals surface area contributed by atoms with Crippen molar-refractivity contribution in [2.75, 3.05) is 18.6 Å². The molecule has 0 radical (unpaired) electrons. The molecule has 1 aromatic carbocycles. The summed E-state index contributed by atoms with van der Waals surface area (Å²) in [6.07, 6.45) is 2.03. The average molecular weight is 330 g/mol. The van der Waals surface area contributed by atoms with Crippen LogP contribution in [0.15, 0.2) is 30.5 Å². The van der Waals surface area contributed by atoms with Gasteiger partial charge in [0.1, 0.15) is 6.54 Å². The number of methoxy groups -OCH3 is 1. The number of benzene rings is 1. The van der Waals surface area contributed by atoms with Gasteiger partial charge in [0.25, 0.3) is 5.91 Å². The van der Waals surface area contributed by atoms with E-state index in [1.165, 1.54) is 24.1 Å². The van der Waals surface area contributed by atoms with Gasteiger partial charge in [-0.05, 0) is 35.1 Å². The Balaban J connectivity index is 1.76. The van der Waals surface area contributed by atoms with Crippen LogP contribution in [0.2, 0.25) is 0 Å². The molecule has 0 spiro atoms. The molecule has 3 rings (SSSR count). The highest BCUT2D eigenvalue weighted by Crippen LogP contribution is 2.29. The quantitative estimate of drug-likeness (QED) is 0.473. The Kier molecular flexibility index (Phi) is 3.98. The molecule has 24 heavy (non-hydrogen) atoms. The van der Waals surface area contributed by atoms with Crippen LogP contribution in [0.3, 0.4) is 0 Å². The van der Waals surface area contributed by atoms with Crippen LogP contribution in [0.4, 0.5) is 11.5 Å². The number of esters is 1. The van der Waals surface area contributed by atoms with Gasteiger partial charge in [0.15, 0.2) is 0 Å². The van der Waals surface area contributed by atoms with E-state index >= 15 is 0 Å². The molecule has 0 atom stereocenters. The summed E-state index contributed by atoms with van der Waals surface area (Å²) in [4.78, 5) is 35.6. The zero-order valence-electron chi connectivity index (χ0n) is 12.8. The Morgan fingerprint density at radius 2 is 2.17 bits per heavy atom. The van der Waals surface area contributed by atoms with E-state index in [2.05, 4.69) is 9.84 Å². The summed E-state index contributed by atoms with van der Waals surface area (Å²) in [6, 6.07) is 6.27. The minimum atomic E-state index is -0.611. The first-order valence-corrected chi connectivity index (χ1v) is 7.19. The minimum absolute atomic E-state index is 0.0912. The fourth-order valence-corrected chi connectivity index (χ4v) is 2.67. The van der Waals surface area contributed by atoms with Crippen LogP contribution >= 0.6 is 0 Å². The Labute approximate surface area is 136 Å². The average Bonchev–Trinajstić information content (AvgIpc) is 3.20. The number of carbonyl (C=O) groups is 2. The van der Waals surface area contributed by atoms with Crippen LogP contribution in [0.1, 0.15) is 15.9 Å². The number of hydrogen-bond acceptors (Lipinski definition) is 6. The number of hydrogen-bond donors (Lipinski definition) is 0. The van der Waals surface area contributed by atoms with Gasteiger partial charge >= 0.3 is 11.8 Å². The van der Waals surface area contributed by atoms with Crippen LogP contribution < -0.4 is 4.90 Å². The molecule has 9 heteroatoms. The van der Waals surface area contributed by atoms with Crippen molar-refractivity contribution < 1.29 is 19.2 Å². The Morgan fingerprint density at radius 1 is 1.38 bits per heavy atom. The number of aromatic nitrogens is 2. The number of ether oxygens (including phenoxy) is 1. The number of nitrogens with zero attached hydrogens (tertiary/aromatic N) is 4. The normalized spacial score (nSPS) is 12.8. The summed E-state index contributed by atoms with van der Waals surface area (Å²) in [7, 11) is 1.31. The molecule has 0 saturated heterocycles. The first kappa shape index (κ1) is 15.7. The van der Waals surface area contributed by atoms with Gasteiger partial charge in [-0.15, -0.1) is 0 Å². The van der Waals surface area contributed by atoms with Crippen LogP contribution in [0.25, 0.3) is 0 Å². The fraction of sp³-hybridized carbons (Fsp3) is 0.267. The lowest BCUT2D eigenvalue weighted by Crippen LogP contribution is -2.32. The Morgan fingerprint density at radius 3 is 2.83 bits per heavy atom. The van der Waals surface area contributed by atoms with Crippen LogP contribution in [0.5, 0.6) is 0 Å². The second-order valence-corrected chi connectivity index (χ2v) is 5.26. The molecule has 124 valence electrons. The van der Waals surface area contributed by atoms with Gasteiger partial charge in [-0.25, -0.2) is 4.79 Å². The summed E-state index contributed by atoms with van der Waals surface area (Å²) in [5.41, 5.74) is 2.06. The van der Waals surface area contributed by atoms with Gasteiger partial charge in [0.05, 0.1) is 30.0 Å². The fourth-order valence-electron chi connectivity index (χ4n) is 2.67. The number of carbonyl (C=O) groups excluding carboxylic acids is 2. The molecule has 1 aliphatic rings. The molecule has 1 amide bonds. The molecule has 0 fully saturated rings. The lowest BCUT2D eigenvalue weighted by atomic mass is 10.1. The van der Waals surface area contributed by atoms with E-state index in [1.807, 2.05) is 0 Å². The first-order chi connectivity index (χ1) is 11.5. The molecule has 1 aromatic heterocycles. The Bertz CT molecular complexity index is 829. The molecule has 0 saturated carbocycles. The smallest absolute Gasteiger partial charge is 0.389 e. The predicted molar refractivity (Wildman–Crippen MR) is 82.7 cm³/mol. The van der Waals surface area contributed by atoms with Crippen molar-refractivity contribution in [1.29, 1.82) is 0 Å². The Hall–Kier alpha value is -3.23. The lowest BCUT2D eigenvalue weighted by molar-refractivity contribution is -0.389. The van der Waals surface area contributed by atoms with E-state index in [0.717, 1.165) is 11.3 Å². The minimum Gasteiger partial charge on any atom is -0.465 e. The van der Waals surface area contributed by atoms with E-state index in [1.54, 1.807) is 23.1 Å². The van der Waals surface area contributed by atoms with Crippen molar-refractivity contribution in [3.05, 3.63) is 51.7 Å². The summed E-state index contributed by atoms with van der Waals surface area (Å²) >= 11 is 0. The molecular formula is C15H14N4O5. The van der Waals surface area contributed by atoms with Crippen molar-refractivity contribution in [3.63, 3.8) is 0 Å². The summed E-state index contributed by atoms with van der Waals surface area (Å²) < 4.78 is 5.92. The molecule has 2 aromatic rings. The molecule has 0 aliphatic carbocycles. The van der Waals surface area contributed by atoms with Gasteiger partial charge < -0.3 is 19.8 Å². The molecule has 9 nitrogen and oxygen atoms in total. The molecular weight excluding hydrogens is 316 g/mol. The van der Waals surface area contributed by atoms with Crippen molar-refractivity contribution in [3.8, 4) is 0 Å². The van der Waals surface area contributed by atoms with E-state index in [-0.39, 0.29) is 18.3 Å². The summed E-state index contributed by atoms with van der Waals surface area (Å²) in [5.74, 6) is -0.948. The topological polar surface area (TPSA) is 108 Å². The number of rotatable bonds is 4. The number of anilines is 1. The zero-order chi connectivity index (χ0) is 17.3. The second kappa shape index (κ2) is 6.11. The standard InChI is InChI=1S/C15H14N4O5/c1-24-15(21)11-2-3-12-10(8-11)4-7-18(12)14(20)9-17-6-5-13(16-17)19(22)23/h2-3,5-6,8H,4,7,9H2,1H3. The van der Waals surface area contributed by atoms with Crippen molar-refractivity contribution in [2.24, 2.45) is 0 Å². The van der Waals surface area contributed by atoms with E-state index in [0.29, 0.717) is 18.5 Å². The first-order valence-electron chi connectivity index (χ1n) is 7.19. The van der Waals surface area contributed by atoms with Gasteiger partial charge in [-0.2, -0.15) is 4.68 Å². The largest absolute Gasteiger partial charge is 0.465 e. The number of nitro groups is 1. The van der Waals surface area contributed by atoms with Crippen LogP contribution in [-0.2, 0) is 22.5 Å². The van der Waals surface area contributed by atoms with Gasteiger partial charge in [0.2, 0.25) is 0 Å².